The summed E-state index contributed by atoms with van der Waals surface area (Å²) in [7, 11) is 0. The van der Waals surface area contributed by atoms with Crippen LogP contribution >= 0.6 is 0 Å². The van der Waals surface area contributed by atoms with Crippen molar-refractivity contribution in [1.82, 2.24) is 0 Å². The SMILES string of the molecule is C=CC(C=C(C)C)C(C)(C)C. The van der Waals surface area contributed by atoms with E-state index in [1.54, 1.807) is 0 Å². The van der Waals surface area contributed by atoms with E-state index in [2.05, 4.69) is 47.3 Å². The Morgan fingerprint density at radius 3 is 1.82 bits per heavy atom. The summed E-state index contributed by atoms with van der Waals surface area (Å²) < 4.78 is 0. The average Bonchev–Trinajstić information content (AvgIpc) is 1.79. The van der Waals surface area contributed by atoms with Crippen LogP contribution in [0.4, 0.5) is 0 Å². The Bertz CT molecular complexity index is 151. The van der Waals surface area contributed by atoms with Crippen LogP contribution in [-0.4, -0.2) is 0 Å². The number of hydrogen-bond acceptors (Lipinski definition) is 0. The zero-order valence-corrected chi connectivity index (χ0v) is 8.44. The van der Waals surface area contributed by atoms with Gasteiger partial charge >= 0.3 is 0 Å². The Labute approximate surface area is 71.0 Å². The molecule has 0 nitrogen and oxygen atoms in total. The van der Waals surface area contributed by atoms with E-state index in [0.29, 0.717) is 11.3 Å². The van der Waals surface area contributed by atoms with Crippen molar-refractivity contribution < 1.29 is 0 Å². The molecule has 0 bridgehead atoms. The molecule has 0 aliphatic heterocycles. The average molecular weight is 152 g/mol. The highest BCUT2D eigenvalue weighted by Gasteiger charge is 2.18. The molecule has 0 saturated heterocycles. The fourth-order valence-corrected chi connectivity index (χ4v) is 1.03. The van der Waals surface area contributed by atoms with E-state index in [9.17, 15) is 0 Å². The van der Waals surface area contributed by atoms with E-state index in [-0.39, 0.29) is 0 Å². The van der Waals surface area contributed by atoms with Gasteiger partial charge in [0.15, 0.2) is 0 Å². The fraction of sp³-hybridized carbons (Fsp3) is 0.636. The van der Waals surface area contributed by atoms with Crippen molar-refractivity contribution in [2.45, 2.75) is 34.6 Å². The molecule has 0 radical (unpaired) electrons. The van der Waals surface area contributed by atoms with Gasteiger partial charge in [0.2, 0.25) is 0 Å². The first-order chi connectivity index (χ1) is 4.88. The third-order valence-corrected chi connectivity index (χ3v) is 1.77. The minimum atomic E-state index is 0.305. The molecule has 0 saturated carbocycles. The summed E-state index contributed by atoms with van der Waals surface area (Å²) in [6.07, 6.45) is 4.29. The molecule has 1 unspecified atom stereocenters. The predicted molar refractivity (Wildman–Crippen MR) is 52.6 cm³/mol. The summed E-state index contributed by atoms with van der Waals surface area (Å²) in [5.41, 5.74) is 1.67. The molecule has 0 aliphatic carbocycles. The van der Waals surface area contributed by atoms with Crippen LogP contribution in [-0.2, 0) is 0 Å². The van der Waals surface area contributed by atoms with Crippen molar-refractivity contribution in [1.29, 1.82) is 0 Å². The first kappa shape index (κ1) is 10.5. The van der Waals surface area contributed by atoms with Gasteiger partial charge in [-0.2, -0.15) is 0 Å². The minimum Gasteiger partial charge on any atom is -0.102 e. The molecule has 0 aromatic heterocycles. The smallest absolute Gasteiger partial charge is 0.000508 e. The highest BCUT2D eigenvalue weighted by Crippen LogP contribution is 2.28. The van der Waals surface area contributed by atoms with Crippen LogP contribution in [0.2, 0.25) is 0 Å². The first-order valence-electron chi connectivity index (χ1n) is 4.15. The van der Waals surface area contributed by atoms with Gasteiger partial charge < -0.3 is 0 Å². The van der Waals surface area contributed by atoms with Crippen molar-refractivity contribution in [3.8, 4) is 0 Å². The Hall–Kier alpha value is -0.520. The topological polar surface area (TPSA) is 0 Å². The molecule has 64 valence electrons. The lowest BCUT2D eigenvalue weighted by molar-refractivity contribution is 0.343. The van der Waals surface area contributed by atoms with E-state index in [1.807, 2.05) is 6.08 Å². The Morgan fingerprint density at radius 1 is 1.27 bits per heavy atom. The van der Waals surface area contributed by atoms with Gasteiger partial charge in [-0.05, 0) is 25.2 Å². The van der Waals surface area contributed by atoms with Crippen molar-refractivity contribution in [3.63, 3.8) is 0 Å². The van der Waals surface area contributed by atoms with Crippen LogP contribution in [0.25, 0.3) is 0 Å². The van der Waals surface area contributed by atoms with Crippen molar-refractivity contribution >= 4 is 0 Å². The van der Waals surface area contributed by atoms with Gasteiger partial charge in [0.05, 0.1) is 0 Å². The summed E-state index contributed by atoms with van der Waals surface area (Å²) in [6, 6.07) is 0. The second-order valence-electron chi connectivity index (χ2n) is 4.37. The van der Waals surface area contributed by atoms with Gasteiger partial charge in [-0.3, -0.25) is 0 Å². The molecular weight excluding hydrogens is 132 g/mol. The highest BCUT2D eigenvalue weighted by atomic mass is 14.2. The normalized spacial score (nSPS) is 13.9. The minimum absolute atomic E-state index is 0.305. The van der Waals surface area contributed by atoms with Gasteiger partial charge in [0.1, 0.15) is 0 Å². The second-order valence-corrected chi connectivity index (χ2v) is 4.37. The first-order valence-corrected chi connectivity index (χ1v) is 4.15. The van der Waals surface area contributed by atoms with E-state index in [1.165, 1.54) is 5.57 Å². The second kappa shape index (κ2) is 3.75. The molecule has 0 amide bonds. The van der Waals surface area contributed by atoms with Crippen LogP contribution in [0.3, 0.4) is 0 Å². The van der Waals surface area contributed by atoms with Gasteiger partial charge in [-0.1, -0.05) is 38.5 Å². The van der Waals surface area contributed by atoms with Gasteiger partial charge in [-0.25, -0.2) is 0 Å². The van der Waals surface area contributed by atoms with Crippen LogP contribution in [0.5, 0.6) is 0 Å². The summed E-state index contributed by atoms with van der Waals surface area (Å²) in [4.78, 5) is 0. The number of allylic oxidation sites excluding steroid dienone is 3. The Kier molecular flexibility index (Phi) is 3.57. The van der Waals surface area contributed by atoms with E-state index in [4.69, 9.17) is 0 Å². The third kappa shape index (κ3) is 4.02. The van der Waals surface area contributed by atoms with E-state index in [0.717, 1.165) is 0 Å². The number of rotatable bonds is 2. The number of hydrogen-bond donors (Lipinski definition) is 0. The predicted octanol–water partition coefficient (Wildman–Crippen LogP) is 3.80. The maximum absolute atomic E-state index is 3.84. The maximum Gasteiger partial charge on any atom is -0.000508 e. The summed E-state index contributed by atoms with van der Waals surface area (Å²) >= 11 is 0. The molecular formula is C11H20. The van der Waals surface area contributed by atoms with Gasteiger partial charge in [0.25, 0.3) is 0 Å². The summed E-state index contributed by atoms with van der Waals surface area (Å²) in [6.45, 7) is 14.8. The Morgan fingerprint density at radius 2 is 1.73 bits per heavy atom. The standard InChI is InChI=1S/C11H20/c1-7-10(8-9(2)3)11(4,5)6/h7-8,10H,1H2,2-6H3. The molecule has 0 aromatic rings. The molecule has 0 fully saturated rings. The maximum atomic E-state index is 3.84. The van der Waals surface area contributed by atoms with Crippen LogP contribution in [0.1, 0.15) is 34.6 Å². The van der Waals surface area contributed by atoms with Crippen LogP contribution < -0.4 is 0 Å². The zero-order chi connectivity index (χ0) is 9.07. The fourth-order valence-electron chi connectivity index (χ4n) is 1.03. The molecule has 0 heteroatoms. The Balaban J connectivity index is 4.43. The van der Waals surface area contributed by atoms with Crippen molar-refractivity contribution in [2.24, 2.45) is 11.3 Å². The molecule has 0 N–H and O–H groups in total. The van der Waals surface area contributed by atoms with Crippen LogP contribution in [0.15, 0.2) is 24.3 Å². The molecule has 1 atom stereocenters. The van der Waals surface area contributed by atoms with E-state index >= 15 is 0 Å². The highest BCUT2D eigenvalue weighted by molar-refractivity contribution is 5.06. The lowest BCUT2D eigenvalue weighted by Crippen LogP contribution is -2.16. The van der Waals surface area contributed by atoms with Crippen molar-refractivity contribution in [2.75, 3.05) is 0 Å². The molecule has 0 aliphatic rings. The third-order valence-electron chi connectivity index (χ3n) is 1.77. The summed E-state index contributed by atoms with van der Waals surface area (Å²) in [5, 5.41) is 0. The van der Waals surface area contributed by atoms with Gasteiger partial charge in [-0.15, -0.1) is 6.58 Å². The summed E-state index contributed by atoms with van der Waals surface area (Å²) in [5.74, 6) is 0.493. The molecule has 0 spiro atoms. The molecule has 0 heterocycles. The van der Waals surface area contributed by atoms with Crippen LogP contribution in [0, 0.1) is 11.3 Å². The van der Waals surface area contributed by atoms with Crippen molar-refractivity contribution in [3.05, 3.63) is 24.3 Å². The largest absolute Gasteiger partial charge is 0.102 e. The lowest BCUT2D eigenvalue weighted by Gasteiger charge is -2.25. The molecule has 0 aromatic carbocycles. The monoisotopic (exact) mass is 152 g/mol. The molecule has 11 heavy (non-hydrogen) atoms. The zero-order valence-electron chi connectivity index (χ0n) is 8.44. The van der Waals surface area contributed by atoms with E-state index < -0.39 is 0 Å². The molecule has 0 rings (SSSR count). The van der Waals surface area contributed by atoms with Gasteiger partial charge in [0, 0.05) is 0 Å². The lowest BCUT2D eigenvalue weighted by atomic mass is 9.80. The quantitative estimate of drug-likeness (QED) is 0.528.